The van der Waals surface area contributed by atoms with E-state index in [0.29, 0.717) is 16.7 Å². The molecule has 342 valence electrons. The normalized spacial score (nSPS) is 13.2. The van der Waals surface area contributed by atoms with E-state index in [1.165, 1.54) is 0 Å². The second kappa shape index (κ2) is 18.7. The number of benzene rings is 3. The van der Waals surface area contributed by atoms with Gasteiger partial charge in [0.2, 0.25) is 0 Å². The maximum Gasteiger partial charge on any atom is 0.338 e. The first kappa shape index (κ1) is 51.9. The average molecular weight is 855 g/mol. The summed E-state index contributed by atoms with van der Waals surface area (Å²) in [4.78, 5) is 55.7. The summed E-state index contributed by atoms with van der Waals surface area (Å²) < 4.78 is 24.3. The van der Waals surface area contributed by atoms with Crippen LogP contribution in [0.2, 0.25) is 0 Å². The van der Waals surface area contributed by atoms with E-state index in [-0.39, 0.29) is 39.1 Å². The number of carbonyl (C=O) groups is 4. The molecule has 0 spiro atoms. The monoisotopic (exact) mass is 855 g/mol. The second-order valence-corrected chi connectivity index (χ2v) is 23.9. The molecule has 0 atom stereocenters. The van der Waals surface area contributed by atoms with Gasteiger partial charge in [-0.15, -0.1) is 0 Å². The summed E-state index contributed by atoms with van der Waals surface area (Å²) in [6.07, 6.45) is 0. The summed E-state index contributed by atoms with van der Waals surface area (Å²) in [6.45, 7) is 39.4. The predicted molar refractivity (Wildman–Crippen MR) is 251 cm³/mol. The van der Waals surface area contributed by atoms with E-state index < -0.39 is 55.0 Å². The zero-order chi connectivity index (χ0) is 47.6. The van der Waals surface area contributed by atoms with Crippen LogP contribution in [0.5, 0.6) is 0 Å². The lowest BCUT2D eigenvalue weighted by Gasteiger charge is -2.32. The van der Waals surface area contributed by atoms with Crippen molar-refractivity contribution in [1.82, 2.24) is 0 Å². The molecular formula is C54H78O8. The van der Waals surface area contributed by atoms with E-state index in [2.05, 4.69) is 143 Å². The summed E-state index contributed by atoms with van der Waals surface area (Å²) >= 11 is 0. The van der Waals surface area contributed by atoms with Gasteiger partial charge in [-0.2, -0.15) is 0 Å². The van der Waals surface area contributed by atoms with Gasteiger partial charge in [0.25, 0.3) is 0 Å². The molecule has 0 bridgehead atoms. The Balaban J connectivity index is 2.19. The SMILES string of the molecule is CC(C)C(=O)OCC(COC(=O)c1cc(C(C)(C)C)cc(C(C)(C)C)c1)(COC(=O)c1cc(C(C)(C)C)cc(C(C)(C)C)c1)COC(=O)c1cc(C(C)(C)C)cc(C(C)(C)C)c1. The molecule has 0 aromatic heterocycles. The van der Waals surface area contributed by atoms with Crippen molar-refractivity contribution < 1.29 is 38.1 Å². The highest BCUT2D eigenvalue weighted by molar-refractivity contribution is 5.91. The number of ether oxygens (including phenoxy) is 4. The molecule has 3 aromatic carbocycles. The number of hydrogen-bond acceptors (Lipinski definition) is 8. The van der Waals surface area contributed by atoms with Crippen LogP contribution >= 0.6 is 0 Å². The topological polar surface area (TPSA) is 105 Å². The van der Waals surface area contributed by atoms with E-state index in [0.717, 1.165) is 33.4 Å². The van der Waals surface area contributed by atoms with Crippen molar-refractivity contribution in [2.24, 2.45) is 11.3 Å². The Morgan fingerprint density at radius 1 is 0.355 bits per heavy atom. The van der Waals surface area contributed by atoms with Crippen LogP contribution in [-0.4, -0.2) is 50.3 Å². The van der Waals surface area contributed by atoms with Gasteiger partial charge in [0.05, 0.1) is 22.6 Å². The first-order valence-corrected chi connectivity index (χ1v) is 22.1. The molecule has 8 nitrogen and oxygen atoms in total. The van der Waals surface area contributed by atoms with E-state index in [9.17, 15) is 19.2 Å². The minimum atomic E-state index is -1.50. The van der Waals surface area contributed by atoms with Crippen LogP contribution in [0.15, 0.2) is 54.6 Å². The Morgan fingerprint density at radius 3 is 0.726 bits per heavy atom. The average Bonchev–Trinajstić information content (AvgIpc) is 3.14. The van der Waals surface area contributed by atoms with E-state index in [1.54, 1.807) is 13.8 Å². The summed E-state index contributed by atoms with van der Waals surface area (Å²) in [5, 5.41) is 0. The second-order valence-electron chi connectivity index (χ2n) is 23.9. The third-order valence-electron chi connectivity index (χ3n) is 11.2. The highest BCUT2D eigenvalue weighted by Crippen LogP contribution is 2.35. The lowest BCUT2D eigenvalue weighted by Crippen LogP contribution is -2.44. The Hall–Kier alpha value is -4.46. The van der Waals surface area contributed by atoms with Gasteiger partial charge in [-0.3, -0.25) is 4.79 Å². The molecule has 0 aliphatic carbocycles. The molecule has 0 saturated carbocycles. The van der Waals surface area contributed by atoms with Crippen molar-refractivity contribution in [3.63, 3.8) is 0 Å². The first-order chi connectivity index (χ1) is 27.9. The summed E-state index contributed by atoms with van der Waals surface area (Å²) in [5.74, 6) is -2.83. The molecule has 0 aliphatic rings. The fourth-order valence-corrected chi connectivity index (χ4v) is 6.38. The van der Waals surface area contributed by atoms with Gasteiger partial charge in [-0.25, -0.2) is 14.4 Å². The van der Waals surface area contributed by atoms with Crippen LogP contribution in [0, 0.1) is 11.3 Å². The predicted octanol–water partition coefficient (Wildman–Crippen LogP) is 12.5. The lowest BCUT2D eigenvalue weighted by molar-refractivity contribution is -0.155. The quantitative estimate of drug-likeness (QED) is 0.131. The summed E-state index contributed by atoms with van der Waals surface area (Å²) in [6, 6.07) is 17.4. The fourth-order valence-electron chi connectivity index (χ4n) is 6.38. The zero-order valence-electron chi connectivity index (χ0n) is 41.9. The van der Waals surface area contributed by atoms with Crippen LogP contribution in [-0.2, 0) is 56.2 Å². The van der Waals surface area contributed by atoms with Crippen LogP contribution in [0.3, 0.4) is 0 Å². The third kappa shape index (κ3) is 14.3. The number of hydrogen-bond donors (Lipinski definition) is 0. The smallest absolute Gasteiger partial charge is 0.338 e. The van der Waals surface area contributed by atoms with Crippen molar-refractivity contribution in [1.29, 1.82) is 0 Å². The Labute approximate surface area is 374 Å². The van der Waals surface area contributed by atoms with E-state index >= 15 is 0 Å². The minimum Gasteiger partial charge on any atom is -0.464 e. The molecule has 3 rings (SSSR count). The van der Waals surface area contributed by atoms with Crippen LogP contribution in [0.25, 0.3) is 0 Å². The van der Waals surface area contributed by atoms with Gasteiger partial charge in [0, 0.05) is 0 Å². The molecule has 0 saturated heterocycles. The van der Waals surface area contributed by atoms with E-state index in [1.807, 2.05) is 36.4 Å². The molecule has 62 heavy (non-hydrogen) atoms. The zero-order valence-corrected chi connectivity index (χ0v) is 41.9. The van der Waals surface area contributed by atoms with Crippen LogP contribution in [0.4, 0.5) is 0 Å². The number of carbonyl (C=O) groups excluding carboxylic acids is 4. The molecule has 8 heteroatoms. The molecule has 0 radical (unpaired) electrons. The van der Waals surface area contributed by atoms with Gasteiger partial charge in [0.15, 0.2) is 0 Å². The van der Waals surface area contributed by atoms with Gasteiger partial charge in [-0.05, 0) is 102 Å². The van der Waals surface area contributed by atoms with Crippen molar-refractivity contribution in [3.05, 3.63) is 105 Å². The van der Waals surface area contributed by atoms with Crippen molar-refractivity contribution in [3.8, 4) is 0 Å². The van der Waals surface area contributed by atoms with Gasteiger partial charge < -0.3 is 18.9 Å². The minimum absolute atomic E-state index is 0.262. The van der Waals surface area contributed by atoms with Crippen molar-refractivity contribution >= 4 is 23.9 Å². The Morgan fingerprint density at radius 2 is 0.548 bits per heavy atom. The molecular weight excluding hydrogens is 777 g/mol. The molecule has 0 N–H and O–H groups in total. The van der Waals surface area contributed by atoms with Crippen LogP contribution in [0.1, 0.15) is 203 Å². The largest absolute Gasteiger partial charge is 0.464 e. The molecule has 0 aliphatic heterocycles. The Bertz CT molecular complexity index is 1780. The number of esters is 4. The summed E-state index contributed by atoms with van der Waals surface area (Å²) in [5.41, 5.74) is 3.80. The molecule has 0 fully saturated rings. The first-order valence-electron chi connectivity index (χ1n) is 22.1. The number of rotatable bonds is 12. The van der Waals surface area contributed by atoms with E-state index in [4.69, 9.17) is 18.9 Å². The highest BCUT2D eigenvalue weighted by atomic mass is 16.6. The molecule has 0 amide bonds. The van der Waals surface area contributed by atoms with Crippen LogP contribution < -0.4 is 0 Å². The summed E-state index contributed by atoms with van der Waals surface area (Å²) in [7, 11) is 0. The van der Waals surface area contributed by atoms with Gasteiger partial charge >= 0.3 is 23.9 Å². The highest BCUT2D eigenvalue weighted by Gasteiger charge is 2.39. The molecule has 0 heterocycles. The standard InChI is InChI=1S/C54H78O8/c1-34(2)44(55)59-30-54(31-60-45(56)35-21-38(48(3,4)5)27-39(22-35)49(6,7)8,32-61-46(57)36-23-40(50(9,10)11)28-41(24-36)51(12,13)14)33-62-47(58)37-25-42(52(15,16)17)29-43(26-37)53(18,19)20/h21-29,34H,30-33H2,1-20H3. The lowest BCUT2D eigenvalue weighted by atomic mass is 9.79. The maximum atomic E-state index is 14.2. The van der Waals surface area contributed by atoms with Crippen molar-refractivity contribution in [2.75, 3.05) is 26.4 Å². The third-order valence-corrected chi connectivity index (χ3v) is 11.2. The molecule has 0 unspecified atom stereocenters. The molecule has 3 aromatic rings. The Kier molecular flexibility index (Phi) is 15.7. The van der Waals surface area contributed by atoms with Gasteiger partial charge in [0.1, 0.15) is 31.8 Å². The van der Waals surface area contributed by atoms with Gasteiger partial charge in [-0.1, -0.05) is 157 Å². The fraction of sp³-hybridized carbons (Fsp3) is 0.593. The maximum absolute atomic E-state index is 14.2. The van der Waals surface area contributed by atoms with Crippen molar-refractivity contribution in [2.45, 2.75) is 171 Å².